The number of amides is 1. The number of hydrogen-bond donors (Lipinski definition) is 2. The van der Waals surface area contributed by atoms with E-state index in [2.05, 4.69) is 15.3 Å². The van der Waals surface area contributed by atoms with E-state index in [4.69, 9.17) is 0 Å². The van der Waals surface area contributed by atoms with Crippen LogP contribution in [0.3, 0.4) is 0 Å². The standard InChI is InChI=1S/C22H19F3N4O3/c1-12-19(28-16-9-6-14(22(23,24)25)11-17(16)26-12)27-15-7-4-13(5-8-15)20(30)29-10-2-3-18(29)21(31)32/h4-9,11,18H,2-3,10H2,1H3,(H,27,28)(H,31,32). The Bertz CT molecular complexity index is 1200. The molecule has 2 aromatic carbocycles. The van der Waals surface area contributed by atoms with Gasteiger partial charge in [0.05, 0.1) is 22.3 Å². The van der Waals surface area contributed by atoms with Crippen LogP contribution in [0.5, 0.6) is 0 Å². The second kappa shape index (κ2) is 8.10. The van der Waals surface area contributed by atoms with Crippen LogP contribution in [0.1, 0.15) is 34.5 Å². The van der Waals surface area contributed by atoms with Crippen molar-refractivity contribution in [1.29, 1.82) is 0 Å². The summed E-state index contributed by atoms with van der Waals surface area (Å²) in [7, 11) is 0. The predicted octanol–water partition coefficient (Wildman–Crippen LogP) is 4.39. The summed E-state index contributed by atoms with van der Waals surface area (Å²) in [4.78, 5) is 33.9. The van der Waals surface area contributed by atoms with E-state index in [-0.39, 0.29) is 11.4 Å². The molecule has 166 valence electrons. The molecule has 1 unspecified atom stereocenters. The average Bonchev–Trinajstić information content (AvgIpc) is 3.23. The molecule has 1 aromatic heterocycles. The van der Waals surface area contributed by atoms with Crippen molar-refractivity contribution in [3.8, 4) is 0 Å². The number of aliphatic carboxylic acids is 1. The van der Waals surface area contributed by atoms with Crippen molar-refractivity contribution in [2.45, 2.75) is 32.0 Å². The molecular weight excluding hydrogens is 425 g/mol. The minimum Gasteiger partial charge on any atom is -0.480 e. The lowest BCUT2D eigenvalue weighted by atomic mass is 10.1. The van der Waals surface area contributed by atoms with Crippen molar-refractivity contribution < 1.29 is 27.9 Å². The molecule has 1 amide bonds. The van der Waals surface area contributed by atoms with Crippen LogP contribution in [0.25, 0.3) is 11.0 Å². The highest BCUT2D eigenvalue weighted by Crippen LogP contribution is 2.31. The second-order valence-electron chi connectivity index (χ2n) is 7.56. The van der Waals surface area contributed by atoms with Crippen LogP contribution in [0.4, 0.5) is 24.7 Å². The number of nitrogens with zero attached hydrogens (tertiary/aromatic N) is 3. The SMILES string of the molecule is Cc1nc2cc(C(F)(F)F)ccc2nc1Nc1ccc(C(=O)N2CCCC2C(=O)O)cc1. The summed E-state index contributed by atoms with van der Waals surface area (Å²) in [5.74, 6) is -0.979. The molecule has 4 rings (SSSR count). The molecular formula is C22H19F3N4O3. The quantitative estimate of drug-likeness (QED) is 0.620. The summed E-state index contributed by atoms with van der Waals surface area (Å²) >= 11 is 0. The van der Waals surface area contributed by atoms with E-state index in [9.17, 15) is 27.9 Å². The van der Waals surface area contributed by atoms with E-state index >= 15 is 0 Å². The first-order valence-electron chi connectivity index (χ1n) is 9.90. The zero-order valence-corrected chi connectivity index (χ0v) is 17.0. The molecule has 1 aliphatic rings. The lowest BCUT2D eigenvalue weighted by Crippen LogP contribution is -2.40. The lowest BCUT2D eigenvalue weighted by molar-refractivity contribution is -0.141. The first-order valence-corrected chi connectivity index (χ1v) is 9.90. The third-order valence-electron chi connectivity index (χ3n) is 5.36. The van der Waals surface area contributed by atoms with Gasteiger partial charge < -0.3 is 15.3 Å². The highest BCUT2D eigenvalue weighted by atomic mass is 19.4. The Morgan fingerprint density at radius 1 is 1.09 bits per heavy atom. The number of alkyl halides is 3. The fraction of sp³-hybridized carbons (Fsp3) is 0.273. The molecule has 0 spiro atoms. The Hall–Kier alpha value is -3.69. The minimum atomic E-state index is -4.46. The molecule has 3 aromatic rings. The molecule has 2 N–H and O–H groups in total. The monoisotopic (exact) mass is 444 g/mol. The summed E-state index contributed by atoms with van der Waals surface area (Å²) in [5, 5.41) is 12.3. The van der Waals surface area contributed by atoms with Crippen LogP contribution in [0.2, 0.25) is 0 Å². The third-order valence-corrected chi connectivity index (χ3v) is 5.36. The summed E-state index contributed by atoms with van der Waals surface area (Å²) in [6.45, 7) is 2.03. The van der Waals surface area contributed by atoms with Crippen LogP contribution < -0.4 is 5.32 Å². The lowest BCUT2D eigenvalue weighted by Gasteiger charge is -2.21. The van der Waals surface area contributed by atoms with Gasteiger partial charge >= 0.3 is 12.1 Å². The molecule has 32 heavy (non-hydrogen) atoms. The van der Waals surface area contributed by atoms with E-state index in [1.807, 2.05) is 0 Å². The zero-order chi connectivity index (χ0) is 23.0. The average molecular weight is 444 g/mol. The van der Waals surface area contributed by atoms with Gasteiger partial charge in [-0.05, 0) is 62.2 Å². The number of rotatable bonds is 4. The van der Waals surface area contributed by atoms with Gasteiger partial charge in [-0.3, -0.25) is 4.79 Å². The molecule has 1 atom stereocenters. The highest BCUT2D eigenvalue weighted by molar-refractivity contribution is 5.97. The molecule has 0 radical (unpaired) electrons. The third kappa shape index (κ3) is 4.20. The number of carbonyl (C=O) groups excluding carboxylic acids is 1. The van der Waals surface area contributed by atoms with E-state index in [0.29, 0.717) is 47.7 Å². The summed E-state index contributed by atoms with van der Waals surface area (Å²) in [5.41, 5.74) is 1.04. The Morgan fingerprint density at radius 2 is 1.81 bits per heavy atom. The largest absolute Gasteiger partial charge is 0.480 e. The van der Waals surface area contributed by atoms with Gasteiger partial charge in [-0.15, -0.1) is 0 Å². The van der Waals surface area contributed by atoms with Crippen molar-refractivity contribution in [3.05, 3.63) is 59.3 Å². The van der Waals surface area contributed by atoms with Gasteiger partial charge in [-0.25, -0.2) is 14.8 Å². The predicted molar refractivity (Wildman–Crippen MR) is 111 cm³/mol. The van der Waals surface area contributed by atoms with E-state index in [0.717, 1.165) is 12.1 Å². The van der Waals surface area contributed by atoms with Crippen LogP contribution in [0, 0.1) is 6.92 Å². The fourth-order valence-electron chi connectivity index (χ4n) is 3.70. The maximum absolute atomic E-state index is 12.9. The van der Waals surface area contributed by atoms with Crippen molar-refractivity contribution in [2.75, 3.05) is 11.9 Å². The number of fused-ring (bicyclic) bond motifs is 1. The van der Waals surface area contributed by atoms with Crippen molar-refractivity contribution in [1.82, 2.24) is 14.9 Å². The molecule has 1 fully saturated rings. The second-order valence-corrected chi connectivity index (χ2v) is 7.56. The van der Waals surface area contributed by atoms with Crippen LogP contribution >= 0.6 is 0 Å². The van der Waals surface area contributed by atoms with Crippen LogP contribution in [-0.2, 0) is 11.0 Å². The number of carboxylic acids is 1. The number of hydrogen-bond acceptors (Lipinski definition) is 5. The summed E-state index contributed by atoms with van der Waals surface area (Å²) in [6.07, 6.45) is -3.38. The van der Waals surface area contributed by atoms with E-state index < -0.39 is 23.8 Å². The molecule has 0 saturated carbocycles. The van der Waals surface area contributed by atoms with E-state index in [1.165, 1.54) is 11.0 Å². The van der Waals surface area contributed by atoms with Gasteiger partial charge in [0, 0.05) is 17.8 Å². The van der Waals surface area contributed by atoms with Crippen molar-refractivity contribution >= 4 is 34.4 Å². The topological polar surface area (TPSA) is 95.4 Å². The minimum absolute atomic E-state index is 0.141. The maximum atomic E-state index is 12.9. The van der Waals surface area contributed by atoms with Crippen LogP contribution in [-0.4, -0.2) is 44.4 Å². The number of carboxylic acid groups (broad SMARTS) is 1. The normalized spacial score (nSPS) is 16.4. The van der Waals surface area contributed by atoms with Gasteiger partial charge in [0.1, 0.15) is 6.04 Å². The maximum Gasteiger partial charge on any atom is 0.416 e. The Kier molecular flexibility index (Phi) is 5.45. The van der Waals surface area contributed by atoms with Gasteiger partial charge in [-0.2, -0.15) is 13.2 Å². The zero-order valence-electron chi connectivity index (χ0n) is 17.0. The fourth-order valence-corrected chi connectivity index (χ4v) is 3.70. The first-order chi connectivity index (χ1) is 15.1. The van der Waals surface area contributed by atoms with Gasteiger partial charge in [0.15, 0.2) is 5.82 Å². The molecule has 10 heteroatoms. The molecule has 1 aliphatic heterocycles. The smallest absolute Gasteiger partial charge is 0.416 e. The van der Waals surface area contributed by atoms with Gasteiger partial charge in [0.25, 0.3) is 5.91 Å². The number of aryl methyl sites for hydroxylation is 1. The number of aromatic nitrogens is 2. The first kappa shape index (κ1) is 21.5. The Morgan fingerprint density at radius 3 is 2.47 bits per heavy atom. The molecule has 1 saturated heterocycles. The van der Waals surface area contributed by atoms with Gasteiger partial charge in [-0.1, -0.05) is 0 Å². The number of nitrogens with one attached hydrogen (secondary N) is 1. The molecule has 7 nitrogen and oxygen atoms in total. The summed E-state index contributed by atoms with van der Waals surface area (Å²) < 4.78 is 38.7. The Labute approximate surface area is 180 Å². The van der Waals surface area contributed by atoms with Gasteiger partial charge in [0.2, 0.25) is 0 Å². The van der Waals surface area contributed by atoms with Crippen molar-refractivity contribution in [3.63, 3.8) is 0 Å². The number of benzene rings is 2. The number of likely N-dealkylation sites (tertiary alicyclic amines) is 1. The molecule has 2 heterocycles. The number of halogens is 3. The number of anilines is 2. The summed E-state index contributed by atoms with van der Waals surface area (Å²) in [6, 6.07) is 8.85. The molecule has 0 bridgehead atoms. The van der Waals surface area contributed by atoms with E-state index in [1.54, 1.807) is 31.2 Å². The van der Waals surface area contributed by atoms with Crippen LogP contribution in [0.15, 0.2) is 42.5 Å². The van der Waals surface area contributed by atoms with Crippen molar-refractivity contribution in [2.24, 2.45) is 0 Å². The molecule has 0 aliphatic carbocycles. The highest BCUT2D eigenvalue weighted by Gasteiger charge is 2.34. The Balaban J connectivity index is 1.53. The number of carbonyl (C=O) groups is 2.